The number of ether oxygens (including phenoxy) is 1. The molecule has 0 spiro atoms. The lowest BCUT2D eigenvalue weighted by molar-refractivity contribution is 0.117. The van der Waals surface area contributed by atoms with Crippen LogP contribution in [0.1, 0.15) is 25.3 Å². The first-order valence-corrected chi connectivity index (χ1v) is 6.36. The van der Waals surface area contributed by atoms with Crippen LogP contribution in [0.5, 0.6) is 0 Å². The number of nitrogens with two attached hydrogens (primary N) is 1. The summed E-state index contributed by atoms with van der Waals surface area (Å²) in [5.41, 5.74) is 7.43. The third-order valence-electron chi connectivity index (χ3n) is 2.66. The number of hydrogen-bond acceptors (Lipinski definition) is 4. The first-order valence-electron chi connectivity index (χ1n) is 5.99. The fraction of sp³-hybridized carbons (Fsp3) is 0.462. The maximum Gasteiger partial charge on any atom is 0.127 e. The first kappa shape index (κ1) is 15.0. The fourth-order valence-corrected chi connectivity index (χ4v) is 1.86. The average molecular weight is 270 g/mol. The number of methoxy groups -OCH3 is 1. The summed E-state index contributed by atoms with van der Waals surface area (Å²) in [6, 6.07) is 5.39. The molecule has 1 unspecified atom stereocenters. The Kier molecular flexibility index (Phi) is 6.12. The van der Waals surface area contributed by atoms with E-state index in [2.05, 4.69) is 12.2 Å². The molecular formula is C13H20ClN3O. The zero-order valence-electron chi connectivity index (χ0n) is 10.8. The molecule has 0 aromatic heterocycles. The van der Waals surface area contributed by atoms with Crippen molar-refractivity contribution in [3.8, 4) is 0 Å². The summed E-state index contributed by atoms with van der Waals surface area (Å²) in [5.74, 6) is 0. The first-order chi connectivity index (χ1) is 8.62. The Balaban J connectivity index is 2.96. The number of anilines is 1. The van der Waals surface area contributed by atoms with Crippen LogP contribution in [0.3, 0.4) is 0 Å². The minimum atomic E-state index is -0.0690. The molecule has 0 fully saturated rings. The molecule has 5 heteroatoms. The highest BCUT2D eigenvalue weighted by Gasteiger charge is 2.12. The van der Waals surface area contributed by atoms with E-state index in [0.29, 0.717) is 10.7 Å². The van der Waals surface area contributed by atoms with E-state index >= 15 is 0 Å². The van der Waals surface area contributed by atoms with Crippen molar-refractivity contribution in [3.63, 3.8) is 0 Å². The van der Waals surface area contributed by atoms with Gasteiger partial charge in [0.05, 0.1) is 5.71 Å². The number of hydrogen-bond donors (Lipinski definition) is 3. The van der Waals surface area contributed by atoms with E-state index in [1.807, 2.05) is 6.07 Å². The molecule has 0 aliphatic heterocycles. The van der Waals surface area contributed by atoms with Crippen molar-refractivity contribution in [2.24, 2.45) is 5.73 Å². The molecule has 0 bridgehead atoms. The summed E-state index contributed by atoms with van der Waals surface area (Å²) in [6.07, 6.45) is 1.84. The largest absolute Gasteiger partial charge is 0.362 e. The lowest BCUT2D eigenvalue weighted by Crippen LogP contribution is -2.24. The lowest BCUT2D eigenvalue weighted by Gasteiger charge is -2.20. The smallest absolute Gasteiger partial charge is 0.127 e. The van der Waals surface area contributed by atoms with E-state index < -0.39 is 0 Å². The van der Waals surface area contributed by atoms with E-state index in [9.17, 15) is 0 Å². The van der Waals surface area contributed by atoms with Gasteiger partial charge in [0.2, 0.25) is 0 Å². The van der Waals surface area contributed by atoms with Crippen molar-refractivity contribution < 1.29 is 4.74 Å². The normalized spacial score (nSPS) is 12.2. The summed E-state index contributed by atoms with van der Waals surface area (Å²) >= 11 is 5.95. The second kappa shape index (κ2) is 7.36. The minimum Gasteiger partial charge on any atom is -0.362 e. The SMILES string of the molecule is CCCC(Nc1ccc(Cl)cc1C(=N)CN)OC. The standard InChI is InChI=1S/C13H20ClN3O/c1-3-4-13(18-2)17-12-6-5-9(14)7-10(12)11(16)8-15/h5-7,13,16-17H,3-4,8,15H2,1-2H3. The molecule has 1 aromatic rings. The van der Waals surface area contributed by atoms with Gasteiger partial charge in [0.25, 0.3) is 0 Å². The second-order valence-corrected chi connectivity index (χ2v) is 4.47. The van der Waals surface area contributed by atoms with Crippen LogP contribution in [0.15, 0.2) is 18.2 Å². The molecule has 18 heavy (non-hydrogen) atoms. The third-order valence-corrected chi connectivity index (χ3v) is 2.90. The van der Waals surface area contributed by atoms with Crippen LogP contribution in [0.2, 0.25) is 5.02 Å². The van der Waals surface area contributed by atoms with Crippen molar-refractivity contribution in [2.45, 2.75) is 26.0 Å². The Morgan fingerprint density at radius 3 is 2.83 bits per heavy atom. The number of benzene rings is 1. The lowest BCUT2D eigenvalue weighted by atomic mass is 10.1. The van der Waals surface area contributed by atoms with Gasteiger partial charge < -0.3 is 21.2 Å². The molecular weight excluding hydrogens is 250 g/mol. The van der Waals surface area contributed by atoms with Crippen LogP contribution in [-0.4, -0.2) is 25.6 Å². The number of rotatable bonds is 7. The van der Waals surface area contributed by atoms with Crippen LogP contribution in [0.25, 0.3) is 0 Å². The van der Waals surface area contributed by atoms with E-state index in [-0.39, 0.29) is 12.8 Å². The van der Waals surface area contributed by atoms with E-state index in [1.54, 1.807) is 19.2 Å². The maximum absolute atomic E-state index is 7.85. The summed E-state index contributed by atoms with van der Waals surface area (Å²) in [7, 11) is 1.66. The Morgan fingerprint density at radius 2 is 2.28 bits per heavy atom. The van der Waals surface area contributed by atoms with Crippen molar-refractivity contribution in [3.05, 3.63) is 28.8 Å². The van der Waals surface area contributed by atoms with Gasteiger partial charge in [0, 0.05) is 29.9 Å². The van der Waals surface area contributed by atoms with E-state index in [0.717, 1.165) is 24.1 Å². The van der Waals surface area contributed by atoms with Gasteiger partial charge in [-0.05, 0) is 24.6 Å². The van der Waals surface area contributed by atoms with Gasteiger partial charge >= 0.3 is 0 Å². The van der Waals surface area contributed by atoms with Gasteiger partial charge in [-0.25, -0.2) is 0 Å². The Hall–Kier alpha value is -1.10. The second-order valence-electron chi connectivity index (χ2n) is 4.03. The molecule has 4 nitrogen and oxygen atoms in total. The molecule has 4 N–H and O–H groups in total. The highest BCUT2D eigenvalue weighted by Crippen LogP contribution is 2.22. The van der Waals surface area contributed by atoms with Crippen molar-refractivity contribution in [1.29, 1.82) is 5.41 Å². The van der Waals surface area contributed by atoms with Crippen LogP contribution < -0.4 is 11.1 Å². The van der Waals surface area contributed by atoms with Gasteiger partial charge in [-0.1, -0.05) is 24.9 Å². The summed E-state index contributed by atoms with van der Waals surface area (Å²) < 4.78 is 5.35. The third kappa shape index (κ3) is 3.98. The Labute approximate surface area is 113 Å². The Morgan fingerprint density at radius 1 is 1.56 bits per heavy atom. The van der Waals surface area contributed by atoms with Crippen LogP contribution in [0, 0.1) is 5.41 Å². The maximum atomic E-state index is 7.85. The van der Waals surface area contributed by atoms with E-state index in [1.165, 1.54) is 0 Å². The van der Waals surface area contributed by atoms with Gasteiger partial charge in [-0.15, -0.1) is 0 Å². The summed E-state index contributed by atoms with van der Waals surface area (Å²) in [6.45, 7) is 2.28. The highest BCUT2D eigenvalue weighted by molar-refractivity contribution is 6.31. The van der Waals surface area contributed by atoms with Gasteiger partial charge in [0.1, 0.15) is 6.23 Å². The molecule has 0 aliphatic rings. The van der Waals surface area contributed by atoms with Crippen molar-refractivity contribution >= 4 is 23.0 Å². The Bertz CT molecular complexity index is 409. The van der Waals surface area contributed by atoms with Crippen molar-refractivity contribution in [1.82, 2.24) is 0 Å². The zero-order valence-corrected chi connectivity index (χ0v) is 11.6. The molecule has 0 heterocycles. The van der Waals surface area contributed by atoms with Gasteiger partial charge in [0.15, 0.2) is 0 Å². The quantitative estimate of drug-likeness (QED) is 0.526. The van der Waals surface area contributed by atoms with E-state index in [4.69, 9.17) is 27.5 Å². The number of halogens is 1. The van der Waals surface area contributed by atoms with Crippen LogP contribution in [0.4, 0.5) is 5.69 Å². The predicted molar refractivity (Wildman–Crippen MR) is 76.7 cm³/mol. The minimum absolute atomic E-state index is 0.0690. The van der Waals surface area contributed by atoms with Crippen LogP contribution in [-0.2, 0) is 4.74 Å². The van der Waals surface area contributed by atoms with Gasteiger partial charge in [-0.3, -0.25) is 0 Å². The monoisotopic (exact) mass is 269 g/mol. The zero-order chi connectivity index (χ0) is 13.5. The summed E-state index contributed by atoms with van der Waals surface area (Å²) in [4.78, 5) is 0. The molecule has 0 amide bonds. The highest BCUT2D eigenvalue weighted by atomic mass is 35.5. The van der Waals surface area contributed by atoms with Crippen LogP contribution >= 0.6 is 11.6 Å². The summed E-state index contributed by atoms with van der Waals surface area (Å²) in [5, 5.41) is 11.7. The molecule has 0 aliphatic carbocycles. The van der Waals surface area contributed by atoms with Crippen molar-refractivity contribution in [2.75, 3.05) is 19.0 Å². The molecule has 0 saturated carbocycles. The molecule has 0 radical (unpaired) electrons. The number of nitrogens with one attached hydrogen (secondary N) is 2. The fourth-order valence-electron chi connectivity index (χ4n) is 1.69. The predicted octanol–water partition coefficient (Wildman–Crippen LogP) is 2.85. The average Bonchev–Trinajstić information content (AvgIpc) is 2.39. The molecule has 0 saturated heterocycles. The molecule has 1 aromatic carbocycles. The van der Waals surface area contributed by atoms with Gasteiger partial charge in [-0.2, -0.15) is 0 Å². The molecule has 1 rings (SSSR count). The molecule has 100 valence electrons. The topological polar surface area (TPSA) is 71.1 Å². The molecule has 1 atom stereocenters.